The second-order valence-corrected chi connectivity index (χ2v) is 4.77. The van der Waals surface area contributed by atoms with Crippen LogP contribution < -0.4 is 4.90 Å². The van der Waals surface area contributed by atoms with Crippen LogP contribution in [0.5, 0.6) is 0 Å². The van der Waals surface area contributed by atoms with Crippen molar-refractivity contribution in [2.24, 2.45) is 5.92 Å². The summed E-state index contributed by atoms with van der Waals surface area (Å²) in [6, 6.07) is 3.29. The summed E-state index contributed by atoms with van der Waals surface area (Å²) in [6.45, 7) is 0.214. The lowest BCUT2D eigenvalue weighted by Gasteiger charge is -2.35. The number of piperidine rings is 1. The van der Waals surface area contributed by atoms with E-state index in [-0.39, 0.29) is 37.2 Å². The Hall–Kier alpha value is -1.79. The third kappa shape index (κ3) is 3.02. The number of hydrogen-bond acceptors (Lipinski definition) is 2. The van der Waals surface area contributed by atoms with Gasteiger partial charge in [-0.3, -0.25) is 0 Å². The SMILES string of the molecule is O=C(O)c1cc(F)ccc1N1CCC(C(F)(F)F)CC1. The molecule has 0 unspecified atom stereocenters. The van der Waals surface area contributed by atoms with Crippen LogP contribution in [0.1, 0.15) is 23.2 Å². The maximum Gasteiger partial charge on any atom is 0.391 e. The van der Waals surface area contributed by atoms with Crippen LogP contribution in [-0.2, 0) is 0 Å². The van der Waals surface area contributed by atoms with E-state index in [1.54, 1.807) is 4.90 Å². The molecular formula is C13H13F4NO2. The van der Waals surface area contributed by atoms with E-state index in [1.807, 2.05) is 0 Å². The van der Waals surface area contributed by atoms with Crippen molar-refractivity contribution in [3.05, 3.63) is 29.6 Å². The first-order valence-electron chi connectivity index (χ1n) is 6.13. The van der Waals surface area contributed by atoms with Crippen molar-refractivity contribution in [2.75, 3.05) is 18.0 Å². The Balaban J connectivity index is 2.17. The van der Waals surface area contributed by atoms with Gasteiger partial charge >= 0.3 is 12.1 Å². The second kappa shape index (κ2) is 5.30. The van der Waals surface area contributed by atoms with Gasteiger partial charge in [0.15, 0.2) is 0 Å². The Bertz CT molecular complexity index is 508. The van der Waals surface area contributed by atoms with E-state index in [0.29, 0.717) is 0 Å². The maximum atomic E-state index is 13.1. The molecule has 0 aliphatic carbocycles. The molecule has 3 nitrogen and oxygen atoms in total. The summed E-state index contributed by atoms with van der Waals surface area (Å²) >= 11 is 0. The molecule has 7 heteroatoms. The van der Waals surface area contributed by atoms with Gasteiger partial charge in [0, 0.05) is 13.1 Å². The first-order chi connectivity index (χ1) is 9.29. The number of anilines is 1. The van der Waals surface area contributed by atoms with Crippen LogP contribution in [0.3, 0.4) is 0 Å². The summed E-state index contributed by atoms with van der Waals surface area (Å²) in [5, 5.41) is 9.03. The Kier molecular flexibility index (Phi) is 3.87. The standard InChI is InChI=1S/C13H13F4NO2/c14-9-1-2-11(10(7-9)12(19)20)18-5-3-8(4-6-18)13(15,16)17/h1-2,7-8H,3-6H2,(H,19,20). The van der Waals surface area contributed by atoms with E-state index < -0.39 is 23.9 Å². The first-order valence-corrected chi connectivity index (χ1v) is 6.13. The van der Waals surface area contributed by atoms with Gasteiger partial charge < -0.3 is 10.0 Å². The van der Waals surface area contributed by atoms with Crippen molar-refractivity contribution < 1.29 is 27.5 Å². The zero-order valence-corrected chi connectivity index (χ0v) is 10.5. The van der Waals surface area contributed by atoms with E-state index in [4.69, 9.17) is 5.11 Å². The maximum absolute atomic E-state index is 13.1. The summed E-state index contributed by atoms with van der Waals surface area (Å²) in [6.07, 6.45) is -4.38. The minimum atomic E-state index is -4.22. The highest BCUT2D eigenvalue weighted by Gasteiger charge is 2.41. The number of carboxylic acid groups (broad SMARTS) is 1. The predicted octanol–water partition coefficient (Wildman–Crippen LogP) is 3.30. The Morgan fingerprint density at radius 1 is 1.25 bits per heavy atom. The second-order valence-electron chi connectivity index (χ2n) is 4.77. The van der Waals surface area contributed by atoms with Crippen molar-refractivity contribution in [1.29, 1.82) is 0 Å². The van der Waals surface area contributed by atoms with Crippen LogP contribution in [0, 0.1) is 11.7 Å². The number of carbonyl (C=O) groups is 1. The first kappa shape index (κ1) is 14.6. The molecule has 1 aliphatic heterocycles. The van der Waals surface area contributed by atoms with E-state index >= 15 is 0 Å². The molecule has 0 spiro atoms. The molecule has 0 atom stereocenters. The number of aromatic carboxylic acids is 1. The molecule has 0 amide bonds. The normalized spacial score (nSPS) is 17.3. The van der Waals surface area contributed by atoms with Gasteiger partial charge in [-0.15, -0.1) is 0 Å². The minimum absolute atomic E-state index is 0.0834. The fraction of sp³-hybridized carbons (Fsp3) is 0.462. The van der Waals surface area contributed by atoms with Crippen LogP contribution in [0.15, 0.2) is 18.2 Å². The summed E-state index contributed by atoms with van der Waals surface area (Å²) in [7, 11) is 0. The molecule has 0 saturated carbocycles. The van der Waals surface area contributed by atoms with E-state index in [0.717, 1.165) is 12.1 Å². The fourth-order valence-electron chi connectivity index (χ4n) is 2.40. The molecule has 1 saturated heterocycles. The lowest BCUT2D eigenvalue weighted by atomic mass is 9.95. The molecule has 0 bridgehead atoms. The predicted molar refractivity (Wildman–Crippen MR) is 64.4 cm³/mol. The number of benzene rings is 1. The van der Waals surface area contributed by atoms with Gasteiger partial charge in [-0.05, 0) is 31.0 Å². The van der Waals surface area contributed by atoms with Crippen LogP contribution in [0.25, 0.3) is 0 Å². The summed E-state index contributed by atoms with van der Waals surface area (Å²) in [5.74, 6) is -3.33. The Morgan fingerprint density at radius 2 is 1.85 bits per heavy atom. The van der Waals surface area contributed by atoms with Gasteiger partial charge in [0.05, 0.1) is 17.2 Å². The van der Waals surface area contributed by atoms with Crippen LogP contribution in [-0.4, -0.2) is 30.3 Å². The molecule has 110 valence electrons. The van der Waals surface area contributed by atoms with E-state index in [9.17, 15) is 22.4 Å². The smallest absolute Gasteiger partial charge is 0.391 e. The number of halogens is 4. The summed E-state index contributed by atoms with van der Waals surface area (Å²) < 4.78 is 50.8. The number of rotatable bonds is 2. The topological polar surface area (TPSA) is 40.5 Å². The quantitative estimate of drug-likeness (QED) is 0.850. The highest BCUT2D eigenvalue weighted by atomic mass is 19.4. The highest BCUT2D eigenvalue weighted by molar-refractivity contribution is 5.94. The molecule has 1 aromatic rings. The molecule has 2 rings (SSSR count). The molecule has 1 aromatic carbocycles. The monoisotopic (exact) mass is 291 g/mol. The van der Waals surface area contributed by atoms with Gasteiger partial charge in [-0.25, -0.2) is 9.18 Å². The van der Waals surface area contributed by atoms with Crippen LogP contribution in [0.2, 0.25) is 0 Å². The molecule has 1 fully saturated rings. The van der Waals surface area contributed by atoms with E-state index in [1.165, 1.54) is 6.07 Å². The third-order valence-corrected chi connectivity index (χ3v) is 3.49. The average Bonchev–Trinajstić information content (AvgIpc) is 2.37. The lowest BCUT2D eigenvalue weighted by Crippen LogP contribution is -2.39. The van der Waals surface area contributed by atoms with Gasteiger partial charge in [-0.1, -0.05) is 0 Å². The molecule has 0 aromatic heterocycles. The summed E-state index contributed by atoms with van der Waals surface area (Å²) in [5.41, 5.74) is 0.0370. The average molecular weight is 291 g/mol. The Morgan fingerprint density at radius 3 is 2.35 bits per heavy atom. The number of carboxylic acids is 1. The number of hydrogen-bond donors (Lipinski definition) is 1. The van der Waals surface area contributed by atoms with Crippen molar-refractivity contribution in [3.63, 3.8) is 0 Å². The van der Waals surface area contributed by atoms with Gasteiger partial charge in [0.25, 0.3) is 0 Å². The number of alkyl halides is 3. The zero-order valence-electron chi connectivity index (χ0n) is 10.5. The molecule has 20 heavy (non-hydrogen) atoms. The van der Waals surface area contributed by atoms with Gasteiger partial charge in [0.1, 0.15) is 5.82 Å². The molecule has 0 radical (unpaired) electrons. The molecular weight excluding hydrogens is 278 g/mol. The zero-order chi connectivity index (χ0) is 14.9. The molecule has 1 N–H and O–H groups in total. The van der Waals surface area contributed by atoms with E-state index in [2.05, 4.69) is 0 Å². The highest BCUT2D eigenvalue weighted by Crippen LogP contribution is 2.36. The van der Waals surface area contributed by atoms with Gasteiger partial charge in [-0.2, -0.15) is 13.2 Å². The minimum Gasteiger partial charge on any atom is -0.478 e. The van der Waals surface area contributed by atoms with Crippen molar-refractivity contribution in [3.8, 4) is 0 Å². The largest absolute Gasteiger partial charge is 0.478 e. The molecule has 1 heterocycles. The van der Waals surface area contributed by atoms with Crippen molar-refractivity contribution in [2.45, 2.75) is 19.0 Å². The Labute approximate surface area is 112 Å². The summed E-state index contributed by atoms with van der Waals surface area (Å²) in [4.78, 5) is 12.6. The fourth-order valence-corrected chi connectivity index (χ4v) is 2.40. The van der Waals surface area contributed by atoms with Gasteiger partial charge in [0.2, 0.25) is 0 Å². The third-order valence-electron chi connectivity index (χ3n) is 3.49. The van der Waals surface area contributed by atoms with Crippen LogP contribution in [0.4, 0.5) is 23.2 Å². The molecule has 1 aliphatic rings. The lowest BCUT2D eigenvalue weighted by molar-refractivity contribution is -0.179. The number of nitrogens with zero attached hydrogens (tertiary/aromatic N) is 1. The van der Waals surface area contributed by atoms with Crippen LogP contribution >= 0.6 is 0 Å². The van der Waals surface area contributed by atoms with Crippen molar-refractivity contribution >= 4 is 11.7 Å². The van der Waals surface area contributed by atoms with Crippen molar-refractivity contribution in [1.82, 2.24) is 0 Å².